The minimum atomic E-state index is 0. The maximum atomic E-state index is 3.80. The van der Waals surface area contributed by atoms with E-state index in [0.29, 0.717) is 0 Å². The first kappa shape index (κ1) is 20.8. The molecule has 4 rings (SSSR count). The van der Waals surface area contributed by atoms with Gasteiger partial charge in [0.1, 0.15) is 0 Å². The minimum absolute atomic E-state index is 0. The van der Waals surface area contributed by atoms with Gasteiger partial charge in [0.15, 0.2) is 0 Å². The third-order valence-electron chi connectivity index (χ3n) is 3.97. The van der Waals surface area contributed by atoms with Gasteiger partial charge in [-0.2, -0.15) is 12.1 Å². The first-order chi connectivity index (χ1) is 11.8. The molecule has 0 fully saturated rings. The standard InChI is InChI=1S/C22H15S2.ClH.Zn/c1-2-16-5-7-17(8-6-16)18-9-11-19(12-10-18)20-13-14-22(24-20)21-4-3-15-23-21;;/h2-14H,1H2;1H;/q-1;;+2/p-1. The average Bonchev–Trinajstić information content (AvgIpc) is 3.33. The largest absolute Gasteiger partial charge is 2.00 e. The number of hydrogen-bond donors (Lipinski definition) is 0. The SMILES string of the molecule is C=Cc1ccc(-c2ccc(-c3ccc(-c4cc[c-]s4)s3)cc2)cc1.[Cl-].[Zn+2]. The van der Waals surface area contributed by atoms with Gasteiger partial charge >= 0.3 is 19.5 Å². The van der Waals surface area contributed by atoms with Crippen LogP contribution in [0, 0.1) is 5.38 Å². The maximum absolute atomic E-state index is 3.80. The van der Waals surface area contributed by atoms with E-state index in [1.807, 2.05) is 23.5 Å². The zero-order valence-corrected chi connectivity index (χ0v) is 19.5. The zero-order chi connectivity index (χ0) is 16.4. The molecule has 2 aromatic heterocycles. The van der Waals surface area contributed by atoms with Gasteiger partial charge < -0.3 is 12.4 Å². The van der Waals surface area contributed by atoms with Crippen molar-refractivity contribution in [2.24, 2.45) is 0 Å². The third kappa shape index (κ3) is 4.42. The fourth-order valence-electron chi connectivity index (χ4n) is 2.64. The molecule has 4 aromatic rings. The fraction of sp³-hybridized carbons (Fsp3) is 0. The molecule has 0 spiro atoms. The van der Waals surface area contributed by atoms with Crippen LogP contribution in [0.5, 0.6) is 0 Å². The molecule has 0 amide bonds. The molecule has 26 heavy (non-hydrogen) atoms. The molecule has 0 saturated heterocycles. The normalized spacial score (nSPS) is 9.85. The van der Waals surface area contributed by atoms with E-state index in [-0.39, 0.29) is 31.9 Å². The molecule has 0 saturated carbocycles. The van der Waals surface area contributed by atoms with E-state index >= 15 is 0 Å². The maximum Gasteiger partial charge on any atom is 2.00 e. The first-order valence-electron chi connectivity index (χ1n) is 7.73. The molecule has 4 heteroatoms. The molecular weight excluding hydrogens is 429 g/mol. The van der Waals surface area contributed by atoms with Crippen LogP contribution in [0.4, 0.5) is 0 Å². The van der Waals surface area contributed by atoms with E-state index in [2.05, 4.69) is 78.7 Å². The topological polar surface area (TPSA) is 0 Å². The van der Waals surface area contributed by atoms with Crippen LogP contribution >= 0.6 is 22.7 Å². The predicted octanol–water partition coefficient (Wildman–Crippen LogP) is 4.26. The summed E-state index contributed by atoms with van der Waals surface area (Å²) >= 11 is 3.50. The van der Waals surface area contributed by atoms with Crippen molar-refractivity contribution >= 4 is 28.7 Å². The molecule has 0 radical (unpaired) electrons. The van der Waals surface area contributed by atoms with Gasteiger partial charge in [0.2, 0.25) is 0 Å². The van der Waals surface area contributed by atoms with Gasteiger partial charge in [-0.1, -0.05) is 67.3 Å². The van der Waals surface area contributed by atoms with Crippen molar-refractivity contribution in [3.05, 3.63) is 90.3 Å². The van der Waals surface area contributed by atoms with Crippen molar-refractivity contribution in [3.8, 4) is 31.3 Å². The molecule has 0 atom stereocenters. The predicted molar refractivity (Wildman–Crippen MR) is 107 cm³/mol. The van der Waals surface area contributed by atoms with Gasteiger partial charge in [-0.05, 0) is 33.2 Å². The van der Waals surface area contributed by atoms with E-state index in [0.717, 1.165) is 5.56 Å². The Kier molecular flexibility index (Phi) is 7.55. The Morgan fingerprint density at radius 2 is 1.27 bits per heavy atom. The van der Waals surface area contributed by atoms with Crippen molar-refractivity contribution in [3.63, 3.8) is 0 Å². The second kappa shape index (κ2) is 9.44. The summed E-state index contributed by atoms with van der Waals surface area (Å²) < 4.78 is 0. The van der Waals surface area contributed by atoms with Gasteiger partial charge in [0, 0.05) is 4.88 Å². The summed E-state index contributed by atoms with van der Waals surface area (Å²) in [7, 11) is 0. The summed E-state index contributed by atoms with van der Waals surface area (Å²) in [6.45, 7) is 3.80. The molecule has 124 valence electrons. The van der Waals surface area contributed by atoms with Crippen LogP contribution in [0.1, 0.15) is 5.56 Å². The summed E-state index contributed by atoms with van der Waals surface area (Å²) in [6, 6.07) is 25.8. The van der Waals surface area contributed by atoms with E-state index in [1.54, 1.807) is 11.3 Å². The molecule has 2 aromatic carbocycles. The second-order valence-corrected chi connectivity index (χ2v) is 7.45. The summed E-state index contributed by atoms with van der Waals surface area (Å²) in [5.74, 6) is 0. The molecule has 0 bridgehead atoms. The summed E-state index contributed by atoms with van der Waals surface area (Å²) in [5, 5.41) is 3.15. The Hall–Kier alpha value is -1.51. The van der Waals surface area contributed by atoms with Gasteiger partial charge in [0.25, 0.3) is 0 Å². The molecule has 0 aliphatic carbocycles. The zero-order valence-electron chi connectivity index (χ0n) is 14.1. The van der Waals surface area contributed by atoms with Crippen LogP contribution in [-0.4, -0.2) is 0 Å². The Morgan fingerprint density at radius 3 is 1.85 bits per heavy atom. The van der Waals surface area contributed by atoms with E-state index in [1.165, 1.54) is 31.3 Å². The monoisotopic (exact) mass is 442 g/mol. The molecular formula is C22H15ClS2Zn. The van der Waals surface area contributed by atoms with Gasteiger partial charge in [-0.15, -0.1) is 21.6 Å². The van der Waals surface area contributed by atoms with E-state index < -0.39 is 0 Å². The van der Waals surface area contributed by atoms with Crippen molar-refractivity contribution < 1.29 is 31.9 Å². The number of thiophene rings is 2. The van der Waals surface area contributed by atoms with Gasteiger partial charge in [0.05, 0.1) is 0 Å². The van der Waals surface area contributed by atoms with Crippen molar-refractivity contribution in [1.29, 1.82) is 0 Å². The number of halogens is 1. The van der Waals surface area contributed by atoms with Crippen LogP contribution in [0.3, 0.4) is 0 Å². The molecule has 0 aliphatic heterocycles. The molecule has 0 N–H and O–H groups in total. The smallest absolute Gasteiger partial charge is 1.00 e. The van der Waals surface area contributed by atoms with E-state index in [9.17, 15) is 0 Å². The summed E-state index contributed by atoms with van der Waals surface area (Å²) in [5.41, 5.74) is 4.87. The third-order valence-corrected chi connectivity index (χ3v) is 6.10. The Balaban J connectivity index is 0.00000121. The molecule has 0 aliphatic rings. The van der Waals surface area contributed by atoms with Crippen LogP contribution in [0.15, 0.2) is 79.4 Å². The van der Waals surface area contributed by atoms with Crippen molar-refractivity contribution in [1.82, 2.24) is 0 Å². The number of rotatable bonds is 4. The summed E-state index contributed by atoms with van der Waals surface area (Å²) in [4.78, 5) is 3.89. The fourth-order valence-corrected chi connectivity index (χ4v) is 4.39. The first-order valence-corrected chi connectivity index (χ1v) is 9.36. The van der Waals surface area contributed by atoms with Crippen molar-refractivity contribution in [2.75, 3.05) is 0 Å². The molecule has 0 unspecified atom stereocenters. The number of benzene rings is 2. The molecule has 2 heterocycles. The van der Waals surface area contributed by atoms with E-state index in [4.69, 9.17) is 0 Å². The molecule has 0 nitrogen and oxygen atoms in total. The van der Waals surface area contributed by atoms with Gasteiger partial charge in [-0.25, -0.2) is 0 Å². The van der Waals surface area contributed by atoms with Gasteiger partial charge in [-0.3, -0.25) is 11.3 Å². The minimum Gasteiger partial charge on any atom is -1.00 e. The quantitative estimate of drug-likeness (QED) is 0.326. The Labute approximate surface area is 181 Å². The summed E-state index contributed by atoms with van der Waals surface area (Å²) in [6.07, 6.45) is 1.87. The Morgan fingerprint density at radius 1 is 0.692 bits per heavy atom. The second-order valence-electron chi connectivity index (χ2n) is 5.48. The van der Waals surface area contributed by atoms with Crippen LogP contribution < -0.4 is 12.4 Å². The van der Waals surface area contributed by atoms with Crippen molar-refractivity contribution in [2.45, 2.75) is 0 Å². The van der Waals surface area contributed by atoms with Crippen LogP contribution in [0.2, 0.25) is 0 Å². The average molecular weight is 444 g/mol. The van der Waals surface area contributed by atoms with Crippen LogP contribution in [0.25, 0.3) is 37.4 Å². The Bertz CT molecular complexity index is 952. The number of hydrogen-bond acceptors (Lipinski definition) is 2. The van der Waals surface area contributed by atoms with Crippen LogP contribution in [-0.2, 0) is 19.5 Å².